The van der Waals surface area contributed by atoms with Crippen molar-refractivity contribution in [1.82, 2.24) is 4.31 Å². The molecule has 0 unspecified atom stereocenters. The van der Waals surface area contributed by atoms with Crippen LogP contribution in [0.15, 0.2) is 24.3 Å². The molecule has 1 heterocycles. The fourth-order valence-electron chi connectivity index (χ4n) is 2.42. The van der Waals surface area contributed by atoms with Gasteiger partial charge in [-0.05, 0) is 30.5 Å². The standard InChI is InChI=1S/C14H18FNO4S/c1-20-14(17)12-6-8-16(9-7-12)21(18,19)10-11-2-4-13(15)5-3-11/h2-5,12H,6-10H2,1H3. The van der Waals surface area contributed by atoms with Crippen LogP contribution in [0.25, 0.3) is 0 Å². The lowest BCUT2D eigenvalue weighted by atomic mass is 9.99. The Bertz CT molecular complexity index is 592. The number of sulfonamides is 1. The Morgan fingerprint density at radius 2 is 1.86 bits per heavy atom. The minimum Gasteiger partial charge on any atom is -0.469 e. The van der Waals surface area contributed by atoms with Crippen molar-refractivity contribution >= 4 is 16.0 Å². The molecule has 7 heteroatoms. The van der Waals surface area contributed by atoms with E-state index in [9.17, 15) is 17.6 Å². The van der Waals surface area contributed by atoms with Crippen LogP contribution in [0.2, 0.25) is 0 Å². The SMILES string of the molecule is COC(=O)C1CCN(S(=O)(=O)Cc2ccc(F)cc2)CC1. The van der Waals surface area contributed by atoms with Gasteiger partial charge in [0.25, 0.3) is 0 Å². The first-order chi connectivity index (χ1) is 9.92. The molecular weight excluding hydrogens is 297 g/mol. The average molecular weight is 315 g/mol. The first-order valence-corrected chi connectivity index (χ1v) is 8.33. The Hall–Kier alpha value is -1.47. The maximum absolute atomic E-state index is 12.8. The van der Waals surface area contributed by atoms with Crippen LogP contribution in [0.1, 0.15) is 18.4 Å². The third kappa shape index (κ3) is 4.01. The molecule has 1 aliphatic rings. The van der Waals surface area contributed by atoms with Gasteiger partial charge in [-0.3, -0.25) is 4.79 Å². The molecule has 0 amide bonds. The quantitative estimate of drug-likeness (QED) is 0.791. The molecule has 21 heavy (non-hydrogen) atoms. The molecule has 0 spiro atoms. The summed E-state index contributed by atoms with van der Waals surface area (Å²) >= 11 is 0. The third-order valence-corrected chi connectivity index (χ3v) is 5.49. The van der Waals surface area contributed by atoms with Crippen LogP contribution in [0.4, 0.5) is 4.39 Å². The molecule has 1 aromatic carbocycles. The lowest BCUT2D eigenvalue weighted by molar-refractivity contribution is -0.146. The van der Waals surface area contributed by atoms with E-state index < -0.39 is 15.8 Å². The van der Waals surface area contributed by atoms with Crippen molar-refractivity contribution in [3.8, 4) is 0 Å². The van der Waals surface area contributed by atoms with Gasteiger partial charge >= 0.3 is 5.97 Å². The maximum atomic E-state index is 12.8. The normalized spacial score (nSPS) is 17.6. The number of nitrogens with zero attached hydrogens (tertiary/aromatic N) is 1. The molecule has 1 fully saturated rings. The van der Waals surface area contributed by atoms with E-state index in [1.807, 2.05) is 0 Å². The van der Waals surface area contributed by atoms with Crippen LogP contribution in [-0.2, 0) is 25.3 Å². The van der Waals surface area contributed by atoms with Crippen molar-refractivity contribution in [3.05, 3.63) is 35.6 Å². The van der Waals surface area contributed by atoms with E-state index in [0.29, 0.717) is 31.5 Å². The van der Waals surface area contributed by atoms with Gasteiger partial charge in [-0.25, -0.2) is 17.1 Å². The van der Waals surface area contributed by atoms with Gasteiger partial charge in [0.1, 0.15) is 5.82 Å². The molecule has 1 aliphatic heterocycles. The number of benzene rings is 1. The number of carbonyl (C=O) groups is 1. The van der Waals surface area contributed by atoms with Gasteiger partial charge in [0.05, 0.1) is 18.8 Å². The highest BCUT2D eigenvalue weighted by molar-refractivity contribution is 7.88. The predicted molar refractivity (Wildman–Crippen MR) is 75.3 cm³/mol. The molecule has 0 saturated carbocycles. The van der Waals surface area contributed by atoms with Crippen molar-refractivity contribution in [3.63, 3.8) is 0 Å². The number of esters is 1. The summed E-state index contributed by atoms with van der Waals surface area (Å²) in [6.07, 6.45) is 0.935. The van der Waals surface area contributed by atoms with E-state index >= 15 is 0 Å². The van der Waals surface area contributed by atoms with E-state index in [0.717, 1.165) is 0 Å². The summed E-state index contributed by atoms with van der Waals surface area (Å²) in [5.74, 6) is -1.07. The van der Waals surface area contributed by atoms with Gasteiger partial charge in [0.2, 0.25) is 10.0 Å². The zero-order valence-corrected chi connectivity index (χ0v) is 12.6. The van der Waals surface area contributed by atoms with Crippen molar-refractivity contribution in [2.45, 2.75) is 18.6 Å². The molecule has 0 atom stereocenters. The zero-order valence-electron chi connectivity index (χ0n) is 11.8. The summed E-state index contributed by atoms with van der Waals surface area (Å²) in [5.41, 5.74) is 0.548. The molecular formula is C14H18FNO4S. The number of rotatable bonds is 4. The Morgan fingerprint density at radius 3 is 2.38 bits per heavy atom. The smallest absolute Gasteiger partial charge is 0.308 e. The highest BCUT2D eigenvalue weighted by Crippen LogP contribution is 2.22. The monoisotopic (exact) mass is 315 g/mol. The zero-order chi connectivity index (χ0) is 15.5. The van der Waals surface area contributed by atoms with Crippen LogP contribution in [0.3, 0.4) is 0 Å². The van der Waals surface area contributed by atoms with Crippen molar-refractivity contribution in [2.75, 3.05) is 20.2 Å². The molecule has 1 aromatic rings. The van der Waals surface area contributed by atoms with Gasteiger partial charge < -0.3 is 4.74 Å². The van der Waals surface area contributed by atoms with Gasteiger partial charge in [0.15, 0.2) is 0 Å². The largest absolute Gasteiger partial charge is 0.469 e. The number of carbonyl (C=O) groups excluding carboxylic acids is 1. The minimum absolute atomic E-state index is 0.157. The van der Waals surface area contributed by atoms with E-state index in [4.69, 9.17) is 0 Å². The van der Waals surface area contributed by atoms with Gasteiger partial charge in [0, 0.05) is 13.1 Å². The Morgan fingerprint density at radius 1 is 1.29 bits per heavy atom. The number of halogens is 1. The summed E-state index contributed by atoms with van der Waals surface area (Å²) in [6, 6.07) is 5.42. The Kier molecular flexibility index (Phi) is 4.95. The van der Waals surface area contributed by atoms with E-state index in [1.54, 1.807) is 0 Å². The highest BCUT2D eigenvalue weighted by atomic mass is 32.2. The number of hydrogen-bond donors (Lipinski definition) is 0. The molecule has 0 bridgehead atoms. The number of piperidine rings is 1. The fraction of sp³-hybridized carbons (Fsp3) is 0.500. The van der Waals surface area contributed by atoms with Crippen molar-refractivity contribution in [2.24, 2.45) is 5.92 Å². The molecule has 1 saturated heterocycles. The van der Waals surface area contributed by atoms with Crippen molar-refractivity contribution < 1.29 is 22.3 Å². The van der Waals surface area contributed by atoms with Gasteiger partial charge in [-0.1, -0.05) is 12.1 Å². The summed E-state index contributed by atoms with van der Waals surface area (Å²) in [5, 5.41) is 0. The average Bonchev–Trinajstić information content (AvgIpc) is 2.49. The second-order valence-electron chi connectivity index (χ2n) is 5.08. The van der Waals surface area contributed by atoms with E-state index in [1.165, 1.54) is 35.7 Å². The maximum Gasteiger partial charge on any atom is 0.308 e. The van der Waals surface area contributed by atoms with Crippen LogP contribution >= 0.6 is 0 Å². The first kappa shape index (κ1) is 15.9. The lowest BCUT2D eigenvalue weighted by Gasteiger charge is -2.29. The molecule has 0 aliphatic carbocycles. The molecule has 116 valence electrons. The molecule has 0 N–H and O–H groups in total. The van der Waals surface area contributed by atoms with E-state index in [2.05, 4.69) is 4.74 Å². The van der Waals surface area contributed by atoms with Gasteiger partial charge in [-0.2, -0.15) is 0 Å². The second kappa shape index (κ2) is 6.53. The number of hydrogen-bond acceptors (Lipinski definition) is 4. The number of ether oxygens (including phenoxy) is 1. The molecule has 2 rings (SSSR count). The van der Waals surface area contributed by atoms with Crippen LogP contribution in [0.5, 0.6) is 0 Å². The van der Waals surface area contributed by atoms with Gasteiger partial charge in [-0.15, -0.1) is 0 Å². The first-order valence-electron chi connectivity index (χ1n) is 6.72. The minimum atomic E-state index is -3.45. The molecule has 0 radical (unpaired) electrons. The topological polar surface area (TPSA) is 63.7 Å². The molecule has 5 nitrogen and oxygen atoms in total. The summed E-state index contributed by atoms with van der Waals surface area (Å²) in [6.45, 7) is 0.618. The Labute approximate surface area is 123 Å². The lowest BCUT2D eigenvalue weighted by Crippen LogP contribution is -2.41. The van der Waals surface area contributed by atoms with Crippen molar-refractivity contribution in [1.29, 1.82) is 0 Å². The predicted octanol–water partition coefficient (Wildman–Crippen LogP) is 1.54. The van der Waals surface area contributed by atoms with Crippen LogP contribution in [-0.4, -0.2) is 38.9 Å². The number of methoxy groups -OCH3 is 1. The fourth-order valence-corrected chi connectivity index (χ4v) is 3.98. The second-order valence-corrected chi connectivity index (χ2v) is 7.05. The van der Waals surface area contributed by atoms with E-state index in [-0.39, 0.29) is 17.6 Å². The van der Waals surface area contributed by atoms with Crippen LogP contribution < -0.4 is 0 Å². The summed E-state index contributed by atoms with van der Waals surface area (Å²) < 4.78 is 43.5. The summed E-state index contributed by atoms with van der Waals surface area (Å²) in [4.78, 5) is 11.4. The summed E-state index contributed by atoms with van der Waals surface area (Å²) in [7, 11) is -2.11. The van der Waals surface area contributed by atoms with Crippen LogP contribution in [0, 0.1) is 11.7 Å². The third-order valence-electron chi connectivity index (χ3n) is 3.64. The Balaban J connectivity index is 1.98. The molecule has 0 aromatic heterocycles. The highest BCUT2D eigenvalue weighted by Gasteiger charge is 2.31.